The average Bonchev–Trinajstić information content (AvgIpc) is 2.85. The molecule has 0 rings (SSSR count). The fourth-order valence-corrected chi connectivity index (χ4v) is 14.4. The largest absolute Gasteiger partial charge is 0.463 e. The summed E-state index contributed by atoms with van der Waals surface area (Å²) in [6, 6.07) is 7.74. The summed E-state index contributed by atoms with van der Waals surface area (Å²) >= 11 is 0. The van der Waals surface area contributed by atoms with Crippen molar-refractivity contribution < 1.29 is 4.12 Å². The highest BCUT2D eigenvalue weighted by Crippen LogP contribution is 2.25. The van der Waals surface area contributed by atoms with Crippen molar-refractivity contribution in [2.75, 3.05) is 0 Å². The van der Waals surface area contributed by atoms with Gasteiger partial charge in [0.25, 0.3) is 0 Å². The van der Waals surface area contributed by atoms with Crippen molar-refractivity contribution in [3.63, 3.8) is 0 Å². The Bertz CT molecular complexity index is 482. The van der Waals surface area contributed by atoms with Crippen LogP contribution in [0.2, 0.25) is 69.5 Å². The normalized spacial score (nSPS) is 12.9. The molecule has 0 spiro atoms. The van der Waals surface area contributed by atoms with Gasteiger partial charge >= 0.3 is 0 Å². The molecule has 0 aromatic carbocycles. The van der Waals surface area contributed by atoms with Crippen molar-refractivity contribution in [1.29, 1.82) is 0 Å². The fraction of sp³-hybridized carbons (Fsp3) is 1.00. The molecule has 0 saturated carbocycles. The van der Waals surface area contributed by atoms with Crippen LogP contribution < -0.4 is 0 Å². The predicted octanol–water partition coefficient (Wildman–Crippen LogP) is 12.1. The minimum Gasteiger partial charge on any atom is -0.463 e. The first kappa shape index (κ1) is 38.8. The van der Waals surface area contributed by atoms with Crippen LogP contribution in [0, 0.1) is 0 Å². The first-order chi connectivity index (χ1) is 18.2. The monoisotopic (exact) mass is 600 g/mol. The van der Waals surface area contributed by atoms with Crippen molar-refractivity contribution in [2.24, 2.45) is 0 Å². The van der Waals surface area contributed by atoms with Gasteiger partial charge in [0.15, 0.2) is 9.04 Å². The highest BCUT2D eigenvalue weighted by molar-refractivity contribution is 6.77. The third-order valence-electron chi connectivity index (χ3n) is 8.86. The van der Waals surface area contributed by atoms with Gasteiger partial charge in [0, 0.05) is 16.1 Å². The molecule has 0 radical (unpaired) electrons. The SMILES string of the molecule is CCCCCCCCCCC[Si](C)(C)CCCCCCCC[Si](C)(C)CCCCCCCC[SiH2]O[SiH](C)C. The van der Waals surface area contributed by atoms with Crippen molar-refractivity contribution in [3.8, 4) is 0 Å². The van der Waals surface area contributed by atoms with Crippen LogP contribution in [0.3, 0.4) is 0 Å². The lowest BCUT2D eigenvalue weighted by Gasteiger charge is -2.23. The Hall–Kier alpha value is 0.828. The third-order valence-corrected chi connectivity index (χ3v) is 20.1. The molecule has 0 saturated heterocycles. The maximum Gasteiger partial charge on any atom is 0.156 e. The minimum atomic E-state index is -0.932. The van der Waals surface area contributed by atoms with Crippen molar-refractivity contribution >= 4 is 35.0 Å². The molecule has 0 aliphatic heterocycles. The first-order valence-corrected chi connectivity index (χ1v) is 29.0. The second kappa shape index (κ2) is 26.7. The van der Waals surface area contributed by atoms with Gasteiger partial charge in [0.05, 0.1) is 0 Å². The van der Waals surface area contributed by atoms with E-state index < -0.39 is 25.2 Å². The van der Waals surface area contributed by atoms with E-state index in [1.54, 1.807) is 24.2 Å². The molecule has 38 heavy (non-hydrogen) atoms. The zero-order valence-electron chi connectivity index (χ0n) is 28.1. The van der Waals surface area contributed by atoms with Crippen molar-refractivity contribution in [2.45, 2.75) is 211 Å². The number of hydrogen-bond acceptors (Lipinski definition) is 1. The summed E-state index contributed by atoms with van der Waals surface area (Å²) in [5, 5.41) is 0. The van der Waals surface area contributed by atoms with Crippen LogP contribution in [0.4, 0.5) is 0 Å². The zero-order chi connectivity index (χ0) is 28.4. The van der Waals surface area contributed by atoms with Crippen molar-refractivity contribution in [1.82, 2.24) is 0 Å². The number of rotatable bonds is 30. The van der Waals surface area contributed by atoms with Crippen LogP contribution in [0.15, 0.2) is 0 Å². The predicted molar refractivity (Wildman–Crippen MR) is 190 cm³/mol. The van der Waals surface area contributed by atoms with Gasteiger partial charge in [0.1, 0.15) is 9.76 Å². The molecule has 0 aliphatic rings. The Labute approximate surface area is 249 Å². The Morgan fingerprint density at radius 3 is 1.05 bits per heavy atom. The molecule has 0 aromatic rings. The van der Waals surface area contributed by atoms with Gasteiger partial charge in [-0.25, -0.2) is 0 Å². The van der Waals surface area contributed by atoms with E-state index in [4.69, 9.17) is 4.12 Å². The Kier molecular flexibility index (Phi) is 27.3. The van der Waals surface area contributed by atoms with E-state index in [1.807, 2.05) is 0 Å². The van der Waals surface area contributed by atoms with Gasteiger partial charge in [-0.1, -0.05) is 192 Å². The van der Waals surface area contributed by atoms with Crippen LogP contribution in [0.25, 0.3) is 0 Å². The van der Waals surface area contributed by atoms with Crippen LogP contribution in [-0.4, -0.2) is 35.0 Å². The lowest BCUT2D eigenvalue weighted by atomic mass is 10.1. The topological polar surface area (TPSA) is 9.23 Å². The molecular formula is C33H76OSi4. The van der Waals surface area contributed by atoms with E-state index >= 15 is 0 Å². The number of hydrogen-bond donors (Lipinski definition) is 0. The molecule has 0 unspecified atom stereocenters. The van der Waals surface area contributed by atoms with Crippen LogP contribution in [0.5, 0.6) is 0 Å². The van der Waals surface area contributed by atoms with Gasteiger partial charge in [0.2, 0.25) is 0 Å². The standard InChI is InChI=1S/C33H76OSi4/c1-8-9-10-11-12-13-15-20-25-30-37(4,5)32-27-22-17-18-23-28-33-38(6,7)31-26-21-16-14-19-24-29-35-34-36(2)3/h36H,8-33,35H2,1-7H3. The van der Waals surface area contributed by atoms with E-state index in [0.717, 1.165) is 0 Å². The van der Waals surface area contributed by atoms with Crippen molar-refractivity contribution in [3.05, 3.63) is 0 Å². The lowest BCUT2D eigenvalue weighted by molar-refractivity contribution is 0.571. The summed E-state index contributed by atoms with van der Waals surface area (Å²) in [6.07, 6.45) is 31.1. The summed E-state index contributed by atoms with van der Waals surface area (Å²) in [7, 11) is -2.74. The highest BCUT2D eigenvalue weighted by atomic mass is 28.3. The summed E-state index contributed by atoms with van der Waals surface area (Å²) < 4.78 is 5.91. The van der Waals surface area contributed by atoms with E-state index in [-0.39, 0.29) is 9.76 Å². The molecule has 5 heteroatoms. The fourth-order valence-electron chi connectivity index (χ4n) is 5.99. The summed E-state index contributed by atoms with van der Waals surface area (Å²) in [4.78, 5) is 0. The molecule has 0 N–H and O–H groups in total. The lowest BCUT2D eigenvalue weighted by Crippen LogP contribution is -2.24. The second-order valence-electron chi connectivity index (χ2n) is 14.7. The van der Waals surface area contributed by atoms with E-state index in [9.17, 15) is 0 Å². The molecule has 0 aliphatic carbocycles. The van der Waals surface area contributed by atoms with Gasteiger partial charge in [-0.2, -0.15) is 0 Å². The van der Waals surface area contributed by atoms with Gasteiger partial charge < -0.3 is 4.12 Å². The molecule has 0 fully saturated rings. The quantitative estimate of drug-likeness (QED) is 0.0588. The summed E-state index contributed by atoms with van der Waals surface area (Å²) in [5.41, 5.74) is 0. The Morgan fingerprint density at radius 2 is 0.737 bits per heavy atom. The first-order valence-electron chi connectivity index (χ1n) is 17.8. The van der Waals surface area contributed by atoms with Gasteiger partial charge in [-0.05, 0) is 19.1 Å². The zero-order valence-corrected chi connectivity index (χ0v) is 32.6. The second-order valence-corrected chi connectivity index (χ2v) is 29.9. The Morgan fingerprint density at radius 1 is 0.447 bits per heavy atom. The summed E-state index contributed by atoms with van der Waals surface area (Å²) in [6.45, 7) is 17.6. The molecule has 230 valence electrons. The van der Waals surface area contributed by atoms with Gasteiger partial charge in [-0.15, -0.1) is 0 Å². The average molecular weight is 601 g/mol. The molecule has 0 amide bonds. The minimum absolute atomic E-state index is 0.161. The molecular weight excluding hydrogens is 525 g/mol. The van der Waals surface area contributed by atoms with E-state index in [2.05, 4.69) is 46.2 Å². The smallest absolute Gasteiger partial charge is 0.156 e. The van der Waals surface area contributed by atoms with Crippen LogP contribution in [-0.2, 0) is 4.12 Å². The van der Waals surface area contributed by atoms with E-state index in [0.29, 0.717) is 0 Å². The Balaban J connectivity index is 3.50. The summed E-state index contributed by atoms with van der Waals surface area (Å²) in [5.74, 6) is 0. The molecule has 0 heterocycles. The van der Waals surface area contributed by atoms with Gasteiger partial charge in [-0.3, -0.25) is 0 Å². The molecule has 1 nitrogen and oxygen atoms in total. The highest BCUT2D eigenvalue weighted by Gasteiger charge is 2.20. The van der Waals surface area contributed by atoms with Crippen LogP contribution >= 0.6 is 0 Å². The maximum atomic E-state index is 5.91. The molecule has 0 aromatic heterocycles. The molecule has 0 bridgehead atoms. The third kappa shape index (κ3) is 29.8. The number of unbranched alkanes of at least 4 members (excludes halogenated alkanes) is 18. The molecule has 0 atom stereocenters. The van der Waals surface area contributed by atoms with E-state index in [1.165, 1.54) is 141 Å². The van der Waals surface area contributed by atoms with Crippen LogP contribution in [0.1, 0.15) is 142 Å². The maximum absolute atomic E-state index is 5.91.